The highest BCUT2D eigenvalue weighted by Crippen LogP contribution is 2.22. The first-order valence-electron chi connectivity index (χ1n) is 6.11. The van der Waals surface area contributed by atoms with Crippen LogP contribution in [0.3, 0.4) is 0 Å². The van der Waals surface area contributed by atoms with E-state index in [1.54, 1.807) is 0 Å². The largest absolute Gasteiger partial charge is 0.444 e. The van der Waals surface area contributed by atoms with E-state index in [2.05, 4.69) is 21.2 Å². The molecule has 0 fully saturated rings. The highest BCUT2D eigenvalue weighted by atomic mass is 79.9. The van der Waals surface area contributed by atoms with Gasteiger partial charge in [-0.25, -0.2) is 4.79 Å². The van der Waals surface area contributed by atoms with Crippen LogP contribution in [0.5, 0.6) is 0 Å². The normalized spacial score (nSPS) is 12.9. The predicted molar refractivity (Wildman–Crippen MR) is 81.7 cm³/mol. The Morgan fingerprint density at radius 2 is 2.11 bits per heavy atom. The molecule has 5 heteroatoms. The average molecular weight is 349 g/mol. The molecule has 1 unspecified atom stereocenters. The molecule has 19 heavy (non-hydrogen) atoms. The molecular formula is C14H19BrClNO2. The molecule has 1 atom stereocenters. The molecule has 0 saturated carbocycles. The zero-order chi connectivity index (χ0) is 14.6. The van der Waals surface area contributed by atoms with E-state index in [0.717, 1.165) is 10.0 Å². The number of carbonyl (C=O) groups is 1. The number of hydrogen-bond acceptors (Lipinski definition) is 2. The van der Waals surface area contributed by atoms with Crippen LogP contribution in [0.15, 0.2) is 22.7 Å². The molecule has 0 radical (unpaired) electrons. The first-order valence-corrected chi connectivity index (χ1v) is 7.28. The fraction of sp³-hybridized carbons (Fsp3) is 0.500. The van der Waals surface area contributed by atoms with Crippen molar-refractivity contribution in [1.29, 1.82) is 0 Å². The van der Waals surface area contributed by atoms with Crippen LogP contribution in [0.2, 0.25) is 5.02 Å². The Balaban J connectivity index is 2.55. The van der Waals surface area contributed by atoms with Gasteiger partial charge in [0.15, 0.2) is 0 Å². The summed E-state index contributed by atoms with van der Waals surface area (Å²) in [4.78, 5) is 11.6. The molecule has 1 aromatic carbocycles. The third-order valence-electron chi connectivity index (χ3n) is 2.30. The summed E-state index contributed by atoms with van der Waals surface area (Å²) in [5.74, 6) is 0. The van der Waals surface area contributed by atoms with Gasteiger partial charge in [-0.05, 0) is 51.8 Å². The molecule has 0 saturated heterocycles. The minimum Gasteiger partial charge on any atom is -0.444 e. The average Bonchev–Trinajstić information content (AvgIpc) is 2.19. The lowest BCUT2D eigenvalue weighted by Gasteiger charge is -2.22. The summed E-state index contributed by atoms with van der Waals surface area (Å²) in [5.41, 5.74) is 0.507. The molecule has 106 valence electrons. The molecule has 0 aliphatic rings. The minimum atomic E-state index is -0.487. The van der Waals surface area contributed by atoms with Crippen LogP contribution < -0.4 is 5.32 Å². The van der Waals surface area contributed by atoms with Crippen LogP contribution in [-0.2, 0) is 11.2 Å². The Kier molecular flexibility index (Phi) is 5.68. The second kappa shape index (κ2) is 6.62. The fourth-order valence-corrected chi connectivity index (χ4v) is 2.33. The van der Waals surface area contributed by atoms with E-state index < -0.39 is 11.7 Å². The summed E-state index contributed by atoms with van der Waals surface area (Å²) in [5, 5.41) is 3.48. The Morgan fingerprint density at radius 1 is 1.47 bits per heavy atom. The van der Waals surface area contributed by atoms with Crippen LogP contribution in [0.4, 0.5) is 4.79 Å². The van der Waals surface area contributed by atoms with Crippen molar-refractivity contribution in [2.24, 2.45) is 0 Å². The lowest BCUT2D eigenvalue weighted by Crippen LogP contribution is -2.38. The highest BCUT2D eigenvalue weighted by Gasteiger charge is 2.18. The second-order valence-corrected chi connectivity index (χ2v) is 6.81. The maximum Gasteiger partial charge on any atom is 0.407 e. The maximum absolute atomic E-state index is 11.6. The van der Waals surface area contributed by atoms with Gasteiger partial charge in [0.25, 0.3) is 0 Å². The van der Waals surface area contributed by atoms with Gasteiger partial charge < -0.3 is 10.1 Å². The molecule has 0 aliphatic heterocycles. The number of nitrogens with one attached hydrogen (secondary N) is 1. The number of alkyl carbamates (subject to hydrolysis) is 1. The number of benzene rings is 1. The molecule has 1 amide bonds. The molecule has 0 aromatic heterocycles. The van der Waals surface area contributed by atoms with E-state index in [4.69, 9.17) is 16.3 Å². The van der Waals surface area contributed by atoms with Gasteiger partial charge in [0.05, 0.1) is 0 Å². The van der Waals surface area contributed by atoms with Gasteiger partial charge in [0, 0.05) is 15.5 Å². The molecule has 0 aliphatic carbocycles. The quantitative estimate of drug-likeness (QED) is 0.869. The summed E-state index contributed by atoms with van der Waals surface area (Å²) < 4.78 is 6.14. The van der Waals surface area contributed by atoms with Gasteiger partial charge in [-0.2, -0.15) is 0 Å². The summed E-state index contributed by atoms with van der Waals surface area (Å²) in [6, 6.07) is 5.67. The van der Waals surface area contributed by atoms with E-state index in [1.165, 1.54) is 0 Å². The van der Waals surface area contributed by atoms with Gasteiger partial charge in [-0.15, -0.1) is 0 Å². The van der Waals surface area contributed by atoms with E-state index in [9.17, 15) is 4.79 Å². The van der Waals surface area contributed by atoms with Crippen LogP contribution in [-0.4, -0.2) is 17.7 Å². The van der Waals surface area contributed by atoms with Crippen molar-refractivity contribution in [2.45, 2.75) is 45.8 Å². The Morgan fingerprint density at radius 3 is 2.63 bits per heavy atom. The highest BCUT2D eigenvalue weighted by molar-refractivity contribution is 9.10. The van der Waals surface area contributed by atoms with Crippen molar-refractivity contribution in [3.8, 4) is 0 Å². The molecule has 1 rings (SSSR count). The lowest BCUT2D eigenvalue weighted by molar-refractivity contribution is 0.0508. The van der Waals surface area contributed by atoms with E-state index in [0.29, 0.717) is 11.4 Å². The van der Waals surface area contributed by atoms with Crippen molar-refractivity contribution in [2.75, 3.05) is 0 Å². The summed E-state index contributed by atoms with van der Waals surface area (Å²) in [6.07, 6.45) is 0.249. The van der Waals surface area contributed by atoms with Gasteiger partial charge in [0.1, 0.15) is 5.60 Å². The first-order chi connectivity index (χ1) is 8.67. The van der Waals surface area contributed by atoms with E-state index in [-0.39, 0.29) is 6.04 Å². The van der Waals surface area contributed by atoms with Crippen LogP contribution >= 0.6 is 27.5 Å². The number of hydrogen-bond donors (Lipinski definition) is 1. The molecule has 1 aromatic rings. The van der Waals surface area contributed by atoms with Gasteiger partial charge in [-0.1, -0.05) is 33.6 Å². The summed E-state index contributed by atoms with van der Waals surface area (Å²) in [6.45, 7) is 7.43. The SMILES string of the molecule is CC(Cc1ccc(Br)cc1Cl)NC(=O)OC(C)(C)C. The molecule has 0 heterocycles. The van der Waals surface area contributed by atoms with Crippen molar-refractivity contribution in [3.63, 3.8) is 0 Å². The number of carbonyl (C=O) groups excluding carboxylic acids is 1. The van der Waals surface area contributed by atoms with Crippen molar-refractivity contribution < 1.29 is 9.53 Å². The molecule has 0 bridgehead atoms. The van der Waals surface area contributed by atoms with Gasteiger partial charge in [0.2, 0.25) is 0 Å². The summed E-state index contributed by atoms with van der Waals surface area (Å²) in [7, 11) is 0. The summed E-state index contributed by atoms with van der Waals surface area (Å²) >= 11 is 9.50. The Bertz CT molecular complexity index is 457. The van der Waals surface area contributed by atoms with Gasteiger partial charge >= 0.3 is 6.09 Å². The third-order valence-corrected chi connectivity index (χ3v) is 3.15. The van der Waals surface area contributed by atoms with E-state index >= 15 is 0 Å². The Hall–Kier alpha value is -0.740. The molecular weight excluding hydrogens is 330 g/mol. The molecule has 1 N–H and O–H groups in total. The molecule has 3 nitrogen and oxygen atoms in total. The maximum atomic E-state index is 11.6. The smallest absolute Gasteiger partial charge is 0.407 e. The zero-order valence-corrected chi connectivity index (χ0v) is 13.9. The number of rotatable bonds is 3. The Labute approximate surface area is 127 Å². The topological polar surface area (TPSA) is 38.3 Å². The first kappa shape index (κ1) is 16.3. The number of ether oxygens (including phenoxy) is 1. The fourth-order valence-electron chi connectivity index (χ4n) is 1.58. The van der Waals surface area contributed by atoms with Crippen molar-refractivity contribution in [3.05, 3.63) is 33.3 Å². The van der Waals surface area contributed by atoms with Crippen molar-refractivity contribution >= 4 is 33.6 Å². The van der Waals surface area contributed by atoms with Crippen LogP contribution in [0.1, 0.15) is 33.3 Å². The third kappa shape index (κ3) is 6.30. The predicted octanol–water partition coefficient (Wildman–Crippen LogP) is 4.56. The minimum absolute atomic E-state index is 0.0477. The number of halogens is 2. The number of amides is 1. The lowest BCUT2D eigenvalue weighted by atomic mass is 10.1. The second-order valence-electron chi connectivity index (χ2n) is 5.49. The van der Waals surface area contributed by atoms with Crippen LogP contribution in [0, 0.1) is 0 Å². The van der Waals surface area contributed by atoms with Crippen LogP contribution in [0.25, 0.3) is 0 Å². The standard InChI is InChI=1S/C14H19BrClNO2/c1-9(17-13(18)19-14(2,3)4)7-10-5-6-11(15)8-12(10)16/h5-6,8-9H,7H2,1-4H3,(H,17,18). The van der Waals surface area contributed by atoms with Crippen molar-refractivity contribution in [1.82, 2.24) is 5.32 Å². The monoisotopic (exact) mass is 347 g/mol. The molecule has 0 spiro atoms. The zero-order valence-electron chi connectivity index (χ0n) is 11.6. The van der Waals surface area contributed by atoms with E-state index in [1.807, 2.05) is 45.9 Å². The van der Waals surface area contributed by atoms with Gasteiger partial charge in [-0.3, -0.25) is 0 Å².